The number of aromatic hydroxyl groups is 2. The molecule has 1 rings (SSSR count). The van der Waals surface area contributed by atoms with E-state index in [-0.39, 0.29) is 5.75 Å². The van der Waals surface area contributed by atoms with Crippen molar-refractivity contribution in [2.75, 3.05) is 0 Å². The number of unbranched alkanes of at least 4 members (excludes halogenated alkanes) is 8. The van der Waals surface area contributed by atoms with E-state index >= 15 is 0 Å². The van der Waals surface area contributed by atoms with Gasteiger partial charge in [0.05, 0.1) is 0 Å². The summed E-state index contributed by atoms with van der Waals surface area (Å²) in [6.07, 6.45) is 23.5. The Kier molecular flexibility index (Phi) is 12.5. The maximum atomic E-state index is 9.73. The fourth-order valence-electron chi connectivity index (χ4n) is 2.91. The molecule has 25 heavy (non-hydrogen) atoms. The van der Waals surface area contributed by atoms with Crippen LogP contribution in [0.5, 0.6) is 11.5 Å². The summed E-state index contributed by atoms with van der Waals surface area (Å²) in [6, 6.07) is 4.76. The topological polar surface area (TPSA) is 40.5 Å². The van der Waals surface area contributed by atoms with Crippen molar-refractivity contribution in [1.82, 2.24) is 0 Å². The van der Waals surface area contributed by atoms with Crippen LogP contribution in [0.25, 0.3) is 0 Å². The molecule has 0 fully saturated rings. The van der Waals surface area contributed by atoms with Gasteiger partial charge in [-0.05, 0) is 62.3 Å². The summed E-state index contributed by atoms with van der Waals surface area (Å²) in [6.45, 7) is 2.21. The Balaban J connectivity index is 1.90. The minimum absolute atomic E-state index is 0.235. The van der Waals surface area contributed by atoms with Gasteiger partial charge in [-0.2, -0.15) is 0 Å². The van der Waals surface area contributed by atoms with Gasteiger partial charge in [0.25, 0.3) is 0 Å². The van der Waals surface area contributed by atoms with Crippen molar-refractivity contribution in [3.63, 3.8) is 0 Å². The van der Waals surface area contributed by atoms with Gasteiger partial charge in [0.15, 0.2) is 0 Å². The largest absolute Gasteiger partial charge is 0.508 e. The second kappa shape index (κ2) is 14.6. The zero-order chi connectivity index (χ0) is 18.2. The van der Waals surface area contributed by atoms with Crippen molar-refractivity contribution in [2.45, 2.75) is 84.0 Å². The van der Waals surface area contributed by atoms with Crippen LogP contribution < -0.4 is 0 Å². The third-order valence-electron chi connectivity index (χ3n) is 4.44. The molecule has 0 saturated carbocycles. The van der Waals surface area contributed by atoms with Gasteiger partial charge in [-0.25, -0.2) is 0 Å². The molecule has 0 atom stereocenters. The van der Waals surface area contributed by atoms with E-state index in [1.165, 1.54) is 63.9 Å². The van der Waals surface area contributed by atoms with E-state index in [1.807, 2.05) is 0 Å². The predicted octanol–water partition coefficient (Wildman–Crippen LogP) is 7.06. The molecule has 0 radical (unpaired) electrons. The Morgan fingerprint density at radius 1 is 0.760 bits per heavy atom. The summed E-state index contributed by atoms with van der Waals surface area (Å²) in [5, 5.41) is 19.2. The number of hydrogen-bond acceptors (Lipinski definition) is 2. The van der Waals surface area contributed by atoms with Crippen LogP contribution in [-0.2, 0) is 6.42 Å². The number of rotatable bonds is 14. The third-order valence-corrected chi connectivity index (χ3v) is 4.44. The normalized spacial score (nSPS) is 11.7. The van der Waals surface area contributed by atoms with Crippen LogP contribution >= 0.6 is 0 Å². The number of benzene rings is 1. The summed E-state index contributed by atoms with van der Waals surface area (Å²) in [7, 11) is 0. The van der Waals surface area contributed by atoms with E-state index < -0.39 is 0 Å². The molecule has 2 nitrogen and oxygen atoms in total. The monoisotopic (exact) mass is 344 g/mol. The SMILES string of the molecule is CCC/C=C\C/C=C\CCCCCCCCCc1cc(O)ccc1O. The van der Waals surface area contributed by atoms with E-state index in [4.69, 9.17) is 0 Å². The van der Waals surface area contributed by atoms with Gasteiger partial charge in [0.1, 0.15) is 11.5 Å². The smallest absolute Gasteiger partial charge is 0.119 e. The van der Waals surface area contributed by atoms with Gasteiger partial charge in [-0.1, -0.05) is 69.8 Å². The predicted molar refractivity (Wildman–Crippen MR) is 108 cm³/mol. The van der Waals surface area contributed by atoms with E-state index in [0.717, 1.165) is 24.8 Å². The molecule has 2 heteroatoms. The van der Waals surface area contributed by atoms with Crippen LogP contribution in [-0.4, -0.2) is 10.2 Å². The van der Waals surface area contributed by atoms with Crippen molar-refractivity contribution >= 4 is 0 Å². The summed E-state index contributed by atoms with van der Waals surface area (Å²) < 4.78 is 0. The molecular weight excluding hydrogens is 308 g/mol. The lowest BCUT2D eigenvalue weighted by molar-refractivity contribution is 0.452. The minimum atomic E-state index is 0.235. The van der Waals surface area contributed by atoms with Crippen molar-refractivity contribution in [1.29, 1.82) is 0 Å². The van der Waals surface area contributed by atoms with Crippen molar-refractivity contribution in [2.24, 2.45) is 0 Å². The first-order valence-electron chi connectivity index (χ1n) is 10.0. The average molecular weight is 345 g/mol. The standard InChI is InChI=1S/C23H36O2/c1-2-3-4-5-6-7-8-9-10-11-12-13-14-15-16-17-21-20-22(24)18-19-23(21)25/h4-5,7-8,18-20,24-25H,2-3,6,9-17H2,1H3/b5-4-,8-7-. The van der Waals surface area contributed by atoms with Crippen molar-refractivity contribution < 1.29 is 10.2 Å². The Hall–Kier alpha value is -1.70. The summed E-state index contributed by atoms with van der Waals surface area (Å²) in [5.74, 6) is 0.533. The number of phenolic OH excluding ortho intramolecular Hbond substituents is 2. The molecule has 1 aromatic carbocycles. The fraction of sp³-hybridized carbons (Fsp3) is 0.565. The lowest BCUT2D eigenvalue weighted by atomic mass is 10.0. The lowest BCUT2D eigenvalue weighted by Gasteiger charge is -2.05. The average Bonchev–Trinajstić information content (AvgIpc) is 2.61. The number of hydrogen-bond donors (Lipinski definition) is 2. The second-order valence-electron chi connectivity index (χ2n) is 6.79. The highest BCUT2D eigenvalue weighted by atomic mass is 16.3. The molecule has 140 valence electrons. The van der Waals surface area contributed by atoms with Crippen LogP contribution in [0.3, 0.4) is 0 Å². The minimum Gasteiger partial charge on any atom is -0.508 e. The molecule has 1 aromatic rings. The molecule has 2 N–H and O–H groups in total. The number of phenols is 2. The highest BCUT2D eigenvalue weighted by Gasteiger charge is 2.02. The highest BCUT2D eigenvalue weighted by Crippen LogP contribution is 2.24. The van der Waals surface area contributed by atoms with Gasteiger partial charge in [0.2, 0.25) is 0 Å². The van der Waals surface area contributed by atoms with E-state index in [0.29, 0.717) is 5.75 Å². The zero-order valence-corrected chi connectivity index (χ0v) is 15.9. The first-order chi connectivity index (χ1) is 12.2. The molecule has 0 bridgehead atoms. The van der Waals surface area contributed by atoms with E-state index in [2.05, 4.69) is 31.2 Å². The van der Waals surface area contributed by atoms with Crippen molar-refractivity contribution in [3.05, 3.63) is 48.1 Å². The maximum absolute atomic E-state index is 9.73. The molecule has 0 heterocycles. The maximum Gasteiger partial charge on any atom is 0.119 e. The lowest BCUT2D eigenvalue weighted by Crippen LogP contribution is -1.87. The zero-order valence-electron chi connectivity index (χ0n) is 15.9. The first-order valence-corrected chi connectivity index (χ1v) is 10.0. The second-order valence-corrected chi connectivity index (χ2v) is 6.79. The Labute approximate surface area is 154 Å². The van der Waals surface area contributed by atoms with Crippen LogP contribution in [0.4, 0.5) is 0 Å². The highest BCUT2D eigenvalue weighted by molar-refractivity contribution is 5.38. The summed E-state index contributed by atoms with van der Waals surface area (Å²) in [5.41, 5.74) is 0.858. The molecule has 0 unspecified atom stereocenters. The first kappa shape index (κ1) is 21.3. The van der Waals surface area contributed by atoms with E-state index in [1.54, 1.807) is 12.1 Å². The summed E-state index contributed by atoms with van der Waals surface area (Å²) >= 11 is 0. The van der Waals surface area contributed by atoms with Gasteiger partial charge in [-0.3, -0.25) is 0 Å². The Morgan fingerprint density at radius 2 is 1.40 bits per heavy atom. The van der Waals surface area contributed by atoms with Crippen molar-refractivity contribution in [3.8, 4) is 11.5 Å². The van der Waals surface area contributed by atoms with Crippen LogP contribution in [0.1, 0.15) is 83.1 Å². The van der Waals surface area contributed by atoms with Crippen LogP contribution in [0.15, 0.2) is 42.5 Å². The molecule has 0 aliphatic rings. The Morgan fingerprint density at radius 3 is 2.12 bits per heavy atom. The van der Waals surface area contributed by atoms with Crippen LogP contribution in [0.2, 0.25) is 0 Å². The number of aryl methyl sites for hydroxylation is 1. The Bertz CT molecular complexity index is 503. The molecule has 0 spiro atoms. The fourth-order valence-corrected chi connectivity index (χ4v) is 2.91. The quantitative estimate of drug-likeness (QED) is 0.215. The van der Waals surface area contributed by atoms with Gasteiger partial charge < -0.3 is 10.2 Å². The van der Waals surface area contributed by atoms with Gasteiger partial charge in [0, 0.05) is 0 Å². The van der Waals surface area contributed by atoms with Crippen LogP contribution in [0, 0.1) is 0 Å². The molecule has 0 aliphatic carbocycles. The third kappa shape index (κ3) is 11.5. The molecular formula is C23H36O2. The number of allylic oxidation sites excluding steroid dienone is 4. The van der Waals surface area contributed by atoms with Gasteiger partial charge >= 0.3 is 0 Å². The summed E-state index contributed by atoms with van der Waals surface area (Å²) in [4.78, 5) is 0. The van der Waals surface area contributed by atoms with E-state index in [9.17, 15) is 10.2 Å². The molecule has 0 aliphatic heterocycles. The molecule has 0 saturated heterocycles. The molecule has 0 aromatic heterocycles. The molecule has 0 amide bonds. The van der Waals surface area contributed by atoms with Gasteiger partial charge in [-0.15, -0.1) is 0 Å².